The Morgan fingerprint density at radius 3 is 1.73 bits per heavy atom. The van der Waals surface area contributed by atoms with Crippen LogP contribution in [0, 0.1) is 0 Å². The predicted molar refractivity (Wildman–Crippen MR) is 40.5 cm³/mol. The molecule has 0 aliphatic heterocycles. The molecule has 0 saturated carbocycles. The van der Waals surface area contributed by atoms with E-state index in [-0.39, 0.29) is 34.1 Å². The van der Waals surface area contributed by atoms with Gasteiger partial charge in [0.25, 0.3) is 0 Å². The van der Waals surface area contributed by atoms with E-state index in [2.05, 4.69) is 38.1 Å². The van der Waals surface area contributed by atoms with E-state index in [9.17, 15) is 0 Å². The van der Waals surface area contributed by atoms with Crippen LogP contribution in [0.1, 0.15) is 25.3 Å². The molecule has 2 radical (unpaired) electrons. The van der Waals surface area contributed by atoms with Crippen LogP contribution in [-0.4, -0.2) is 0 Å². The number of benzene rings is 1. The fourth-order valence-electron chi connectivity index (χ4n) is 0.838. The van der Waals surface area contributed by atoms with Gasteiger partial charge in [0.2, 0.25) is 0 Å². The van der Waals surface area contributed by atoms with Gasteiger partial charge in [-0.3, -0.25) is 0 Å². The molecule has 0 amide bonds. The van der Waals surface area contributed by atoms with Gasteiger partial charge in [0, 0.05) is 34.1 Å². The predicted octanol–water partition coefficient (Wildman–Crippen LogP) is 2.81. The minimum atomic E-state index is 0. The summed E-state index contributed by atoms with van der Waals surface area (Å²) in [4.78, 5) is 0. The Morgan fingerprint density at radius 2 is 1.45 bits per heavy atom. The molecule has 0 bridgehead atoms. The minimum absolute atomic E-state index is 0. The second kappa shape index (κ2) is 6.94. The van der Waals surface area contributed by atoms with Gasteiger partial charge >= 0.3 is 0 Å². The number of hydrogen-bond acceptors (Lipinski definition) is 0. The maximum absolute atomic E-state index is 2.20. The van der Waals surface area contributed by atoms with Crippen molar-refractivity contribution in [3.63, 3.8) is 0 Å². The first-order chi connectivity index (χ1) is 4.30. The van der Waals surface area contributed by atoms with Gasteiger partial charge in [-0.2, -0.15) is 0 Å². The average Bonchev–Trinajstić information content (AvgIpc) is 1.90. The molecule has 2 heteroatoms. The van der Waals surface area contributed by atoms with Gasteiger partial charge in [0.05, 0.1) is 0 Å². The molecule has 0 aromatic heterocycles. The van der Waals surface area contributed by atoms with Gasteiger partial charge in [0.15, 0.2) is 0 Å². The Balaban J connectivity index is 0. The monoisotopic (exact) mass is 238 g/mol. The maximum atomic E-state index is 2.20. The molecule has 0 N–H and O–H groups in total. The van der Waals surface area contributed by atoms with Crippen molar-refractivity contribution < 1.29 is 34.1 Å². The van der Waals surface area contributed by atoms with Crippen LogP contribution in [0.4, 0.5) is 0 Å². The van der Waals surface area contributed by atoms with Crippen molar-refractivity contribution in [1.29, 1.82) is 0 Å². The first-order valence-corrected chi connectivity index (χ1v) is 3.35. The van der Waals surface area contributed by atoms with E-state index in [1.165, 1.54) is 5.56 Å². The van der Waals surface area contributed by atoms with Crippen LogP contribution in [0.5, 0.6) is 0 Å². The largest absolute Gasteiger partial charge is 0.0622 e. The van der Waals surface area contributed by atoms with Gasteiger partial charge in [-0.1, -0.05) is 44.2 Å². The minimum Gasteiger partial charge on any atom is -0.0622 e. The van der Waals surface area contributed by atoms with Crippen molar-refractivity contribution in [2.24, 2.45) is 0 Å². The summed E-state index contributed by atoms with van der Waals surface area (Å²) in [5.74, 6) is 0.659. The third-order valence-electron chi connectivity index (χ3n) is 1.47. The quantitative estimate of drug-likeness (QED) is 0.660. The molecule has 0 fully saturated rings. The molecule has 66 valence electrons. The Morgan fingerprint density at radius 1 is 1.00 bits per heavy atom. The average molecular weight is 239 g/mol. The third kappa shape index (κ3) is 4.66. The molecule has 0 nitrogen and oxygen atoms in total. The van der Waals surface area contributed by atoms with Crippen LogP contribution in [0.2, 0.25) is 0 Å². The molecule has 1 aromatic carbocycles. The van der Waals surface area contributed by atoms with Crippen LogP contribution in [0.3, 0.4) is 0 Å². The number of hydrogen-bond donors (Lipinski definition) is 0. The van der Waals surface area contributed by atoms with E-state index in [0.717, 1.165) is 0 Å². The van der Waals surface area contributed by atoms with E-state index in [1.807, 2.05) is 6.07 Å². The first kappa shape index (κ1) is 13.8. The molecule has 1 rings (SSSR count). The van der Waals surface area contributed by atoms with E-state index in [0.29, 0.717) is 5.92 Å². The smallest absolute Gasteiger partial charge is 0 e. The summed E-state index contributed by atoms with van der Waals surface area (Å²) in [5, 5.41) is 0. The van der Waals surface area contributed by atoms with Gasteiger partial charge in [-0.15, -0.1) is 0 Å². The van der Waals surface area contributed by atoms with Crippen LogP contribution in [0.25, 0.3) is 0 Å². The second-order valence-corrected chi connectivity index (χ2v) is 2.57. The Labute approximate surface area is 89.7 Å². The molecule has 0 aliphatic carbocycles. The van der Waals surface area contributed by atoms with E-state index < -0.39 is 0 Å². The summed E-state index contributed by atoms with van der Waals surface area (Å²) >= 11 is 0. The topological polar surface area (TPSA) is 0 Å². The molecule has 0 aliphatic rings. The normalized spacial score (nSPS) is 8.27. The molecule has 0 spiro atoms. The van der Waals surface area contributed by atoms with Gasteiger partial charge < -0.3 is 0 Å². The van der Waals surface area contributed by atoms with E-state index >= 15 is 0 Å². The van der Waals surface area contributed by atoms with E-state index in [1.54, 1.807) is 0 Å². The molecular weight excluding hydrogens is 227 g/mol. The van der Waals surface area contributed by atoms with Crippen molar-refractivity contribution in [2.45, 2.75) is 19.8 Å². The van der Waals surface area contributed by atoms with Crippen LogP contribution in [0.15, 0.2) is 30.3 Å². The zero-order valence-corrected chi connectivity index (χ0v) is 8.77. The van der Waals surface area contributed by atoms with Crippen molar-refractivity contribution in [3.05, 3.63) is 35.9 Å². The maximum Gasteiger partial charge on any atom is 0 e. The van der Waals surface area contributed by atoms with Crippen LogP contribution < -0.4 is 0 Å². The SMILES string of the molecule is CC(C)c1ccccc1.[Cu].[Mn]. The molecule has 0 heterocycles. The summed E-state index contributed by atoms with van der Waals surface area (Å²) in [6, 6.07) is 10.5. The summed E-state index contributed by atoms with van der Waals surface area (Å²) < 4.78 is 0. The first-order valence-electron chi connectivity index (χ1n) is 3.35. The van der Waals surface area contributed by atoms with E-state index in [4.69, 9.17) is 0 Å². The summed E-state index contributed by atoms with van der Waals surface area (Å²) in [7, 11) is 0. The molecule has 11 heavy (non-hydrogen) atoms. The van der Waals surface area contributed by atoms with Crippen molar-refractivity contribution in [3.8, 4) is 0 Å². The second-order valence-electron chi connectivity index (χ2n) is 2.57. The molecule has 0 saturated heterocycles. The Kier molecular flexibility index (Phi) is 8.72. The van der Waals surface area contributed by atoms with Crippen LogP contribution in [-0.2, 0) is 34.1 Å². The fraction of sp³-hybridized carbons (Fsp3) is 0.333. The Hall–Kier alpha value is 0.259. The van der Waals surface area contributed by atoms with Gasteiger partial charge in [0.1, 0.15) is 0 Å². The molecule has 0 unspecified atom stereocenters. The molecule has 1 aromatic rings. The van der Waals surface area contributed by atoms with Crippen LogP contribution >= 0.6 is 0 Å². The zero-order chi connectivity index (χ0) is 6.69. The summed E-state index contributed by atoms with van der Waals surface area (Å²) in [6.45, 7) is 4.41. The number of rotatable bonds is 1. The molecular formula is C9H12CuMn. The van der Waals surface area contributed by atoms with Gasteiger partial charge in [-0.25, -0.2) is 0 Å². The fourth-order valence-corrected chi connectivity index (χ4v) is 0.838. The third-order valence-corrected chi connectivity index (χ3v) is 1.47. The summed E-state index contributed by atoms with van der Waals surface area (Å²) in [6.07, 6.45) is 0. The van der Waals surface area contributed by atoms with Gasteiger partial charge in [-0.05, 0) is 11.5 Å². The van der Waals surface area contributed by atoms with Crippen molar-refractivity contribution in [1.82, 2.24) is 0 Å². The Bertz CT molecular complexity index is 172. The van der Waals surface area contributed by atoms with Crippen molar-refractivity contribution >= 4 is 0 Å². The summed E-state index contributed by atoms with van der Waals surface area (Å²) in [5.41, 5.74) is 1.41. The molecule has 0 atom stereocenters. The zero-order valence-electron chi connectivity index (χ0n) is 6.64. The van der Waals surface area contributed by atoms with Crippen molar-refractivity contribution in [2.75, 3.05) is 0 Å². The standard InChI is InChI=1S/C9H12.Cu.Mn/c1-8(2)9-6-4-3-5-7-9;;/h3-8H,1-2H3;;.